The van der Waals surface area contributed by atoms with E-state index < -0.39 is 0 Å². The van der Waals surface area contributed by atoms with E-state index in [2.05, 4.69) is 151 Å². The molecule has 11 rings (SSSR count). The second-order valence-electron chi connectivity index (χ2n) is 13.0. The summed E-state index contributed by atoms with van der Waals surface area (Å²) in [5.41, 5.74) is 9.72. The average Bonchev–Trinajstić information content (AvgIpc) is 3.91. The van der Waals surface area contributed by atoms with Crippen molar-refractivity contribution in [3.63, 3.8) is 0 Å². The van der Waals surface area contributed by atoms with Gasteiger partial charge in [0, 0.05) is 44.7 Å². The molecule has 0 N–H and O–H groups in total. The predicted molar refractivity (Wildman–Crippen MR) is 212 cm³/mol. The molecule has 0 fully saturated rings. The summed E-state index contributed by atoms with van der Waals surface area (Å²) in [5.74, 6) is 1.84. The molecular formula is C45H28N8. The molecular weight excluding hydrogens is 653 g/mol. The van der Waals surface area contributed by atoms with Gasteiger partial charge >= 0.3 is 0 Å². The summed E-state index contributed by atoms with van der Waals surface area (Å²) < 4.78 is 6.88. The predicted octanol–water partition coefficient (Wildman–Crippen LogP) is 10.1. The quantitative estimate of drug-likeness (QED) is 0.181. The molecule has 0 aliphatic rings. The normalized spacial score (nSPS) is 11.8. The van der Waals surface area contributed by atoms with Crippen LogP contribution >= 0.6 is 0 Å². The first kappa shape index (κ1) is 29.3. The van der Waals surface area contributed by atoms with Crippen LogP contribution in [0.15, 0.2) is 170 Å². The van der Waals surface area contributed by atoms with Crippen LogP contribution in [0.25, 0.3) is 94.9 Å². The third-order valence-corrected chi connectivity index (χ3v) is 10.0. The fraction of sp³-hybridized carbons (Fsp3) is 0. The van der Waals surface area contributed by atoms with Crippen LogP contribution in [0.1, 0.15) is 0 Å². The number of rotatable bonds is 5. The standard InChI is InChI=1S/C45H28N8/c1-4-16-29(17-5-1)44-49-39-37-32-22-10-12-25-35(32)51(30-18-6-2-7-19-30)40(37)38-33-23-11-13-26-36(33)53(41(38)42(39)52(44)31-20-8-3-9-21-31)45-48-28-47-43(50-45)34-24-14-15-27-46-34/h1-28H. The Hall–Kier alpha value is -7.45. The largest absolute Gasteiger partial charge is 0.308 e. The Bertz CT molecular complexity index is 3150. The van der Waals surface area contributed by atoms with E-state index in [1.54, 1.807) is 12.5 Å². The number of fused-ring (bicyclic) bond motifs is 10. The number of benzene rings is 6. The molecule has 6 aromatic carbocycles. The molecule has 0 unspecified atom stereocenters. The van der Waals surface area contributed by atoms with Gasteiger partial charge in [0.05, 0.1) is 27.6 Å². The summed E-state index contributed by atoms with van der Waals surface area (Å²) in [6.45, 7) is 0. The van der Waals surface area contributed by atoms with Gasteiger partial charge in [-0.2, -0.15) is 4.98 Å². The van der Waals surface area contributed by atoms with Gasteiger partial charge in [-0.1, -0.05) is 109 Å². The van der Waals surface area contributed by atoms with Gasteiger partial charge in [0.15, 0.2) is 5.82 Å². The molecule has 0 aliphatic heterocycles. The van der Waals surface area contributed by atoms with Crippen LogP contribution in [0.3, 0.4) is 0 Å². The Morgan fingerprint density at radius 3 is 1.72 bits per heavy atom. The van der Waals surface area contributed by atoms with Crippen LogP contribution in [-0.2, 0) is 0 Å². The van der Waals surface area contributed by atoms with Crippen molar-refractivity contribution >= 4 is 54.6 Å². The van der Waals surface area contributed by atoms with E-state index in [0.29, 0.717) is 17.5 Å². The van der Waals surface area contributed by atoms with Crippen LogP contribution in [0.2, 0.25) is 0 Å². The Kier molecular flexibility index (Phi) is 6.38. The number of nitrogens with zero attached hydrogens (tertiary/aromatic N) is 8. The minimum Gasteiger partial charge on any atom is -0.308 e. The monoisotopic (exact) mass is 680 g/mol. The van der Waals surface area contributed by atoms with Gasteiger partial charge in [-0.3, -0.25) is 14.1 Å². The van der Waals surface area contributed by atoms with E-state index in [-0.39, 0.29) is 0 Å². The van der Waals surface area contributed by atoms with Crippen LogP contribution in [-0.4, -0.2) is 38.6 Å². The molecule has 0 amide bonds. The van der Waals surface area contributed by atoms with Crippen LogP contribution in [0.4, 0.5) is 0 Å². The fourth-order valence-corrected chi connectivity index (χ4v) is 7.91. The van der Waals surface area contributed by atoms with Gasteiger partial charge in [0.1, 0.15) is 23.4 Å². The van der Waals surface area contributed by atoms with E-state index in [0.717, 1.165) is 77.4 Å². The van der Waals surface area contributed by atoms with Gasteiger partial charge in [0.25, 0.3) is 0 Å². The third kappa shape index (κ3) is 4.33. The summed E-state index contributed by atoms with van der Waals surface area (Å²) in [6.07, 6.45) is 3.33. The van der Waals surface area contributed by atoms with Crippen LogP contribution in [0, 0.1) is 0 Å². The Morgan fingerprint density at radius 1 is 0.415 bits per heavy atom. The first-order chi connectivity index (χ1) is 26.3. The van der Waals surface area contributed by atoms with Crippen molar-refractivity contribution in [2.24, 2.45) is 0 Å². The number of aromatic nitrogens is 8. The minimum atomic E-state index is 0.497. The molecule has 11 aromatic rings. The molecule has 0 atom stereocenters. The van der Waals surface area contributed by atoms with Gasteiger partial charge in [-0.25, -0.2) is 15.0 Å². The molecule has 0 saturated carbocycles. The lowest BCUT2D eigenvalue weighted by molar-refractivity contribution is 0.941. The summed E-state index contributed by atoms with van der Waals surface area (Å²) in [5, 5.41) is 4.38. The molecule has 248 valence electrons. The molecule has 0 saturated heterocycles. The molecule has 0 aliphatic carbocycles. The number of para-hydroxylation sites is 4. The van der Waals surface area contributed by atoms with Crippen molar-refractivity contribution in [3.8, 4) is 40.2 Å². The molecule has 8 nitrogen and oxygen atoms in total. The molecule has 53 heavy (non-hydrogen) atoms. The van der Waals surface area contributed by atoms with E-state index in [1.165, 1.54) is 0 Å². The first-order valence-electron chi connectivity index (χ1n) is 17.5. The number of hydrogen-bond acceptors (Lipinski definition) is 5. The zero-order valence-electron chi connectivity index (χ0n) is 28.2. The maximum Gasteiger partial charge on any atom is 0.238 e. The van der Waals surface area contributed by atoms with Gasteiger partial charge in [0.2, 0.25) is 5.95 Å². The summed E-state index contributed by atoms with van der Waals surface area (Å²) in [6, 6.07) is 54.4. The topological polar surface area (TPSA) is 79.2 Å². The summed E-state index contributed by atoms with van der Waals surface area (Å²) in [4.78, 5) is 24.7. The average molecular weight is 681 g/mol. The molecule has 5 heterocycles. The van der Waals surface area contributed by atoms with E-state index in [1.807, 2.05) is 30.3 Å². The second kappa shape index (κ2) is 11.5. The number of imidazole rings is 1. The SMILES string of the molecule is c1ccc(-c2nc3c4c5ccccc5n(-c5ccccc5)c4c4c5ccccc5n(-c5ncnc(-c6ccccn6)n5)c4c3n2-c2ccccc2)cc1. The lowest BCUT2D eigenvalue weighted by atomic mass is 10.1. The lowest BCUT2D eigenvalue weighted by Gasteiger charge is -2.14. The van der Waals surface area contributed by atoms with Gasteiger partial charge in [-0.05, 0) is 48.5 Å². The fourth-order valence-electron chi connectivity index (χ4n) is 7.91. The molecule has 8 heteroatoms. The van der Waals surface area contributed by atoms with Crippen LogP contribution in [0.5, 0.6) is 0 Å². The third-order valence-electron chi connectivity index (χ3n) is 10.0. The Morgan fingerprint density at radius 2 is 1.02 bits per heavy atom. The maximum absolute atomic E-state index is 5.64. The van der Waals surface area contributed by atoms with Crippen molar-refractivity contribution in [1.82, 2.24) is 38.6 Å². The molecule has 0 spiro atoms. The second-order valence-corrected chi connectivity index (χ2v) is 13.0. The lowest BCUT2D eigenvalue weighted by Crippen LogP contribution is -2.05. The van der Waals surface area contributed by atoms with E-state index >= 15 is 0 Å². The highest BCUT2D eigenvalue weighted by molar-refractivity contribution is 6.36. The van der Waals surface area contributed by atoms with Crippen molar-refractivity contribution in [3.05, 3.63) is 170 Å². The van der Waals surface area contributed by atoms with Crippen molar-refractivity contribution in [2.45, 2.75) is 0 Å². The van der Waals surface area contributed by atoms with Crippen LogP contribution < -0.4 is 0 Å². The van der Waals surface area contributed by atoms with Crippen molar-refractivity contribution in [1.29, 1.82) is 0 Å². The Labute approximate surface area is 302 Å². The molecule has 0 radical (unpaired) electrons. The molecule has 0 bridgehead atoms. The number of hydrogen-bond donors (Lipinski definition) is 0. The highest BCUT2D eigenvalue weighted by Crippen LogP contribution is 2.48. The van der Waals surface area contributed by atoms with Crippen molar-refractivity contribution < 1.29 is 0 Å². The van der Waals surface area contributed by atoms with Gasteiger partial charge < -0.3 is 4.57 Å². The summed E-state index contributed by atoms with van der Waals surface area (Å²) in [7, 11) is 0. The van der Waals surface area contributed by atoms with Crippen molar-refractivity contribution in [2.75, 3.05) is 0 Å². The maximum atomic E-state index is 5.64. The summed E-state index contributed by atoms with van der Waals surface area (Å²) >= 11 is 0. The van der Waals surface area contributed by atoms with E-state index in [4.69, 9.17) is 15.0 Å². The smallest absolute Gasteiger partial charge is 0.238 e. The van der Waals surface area contributed by atoms with Gasteiger partial charge in [-0.15, -0.1) is 0 Å². The molecule has 5 aromatic heterocycles. The Balaban J connectivity index is 1.44. The highest BCUT2D eigenvalue weighted by Gasteiger charge is 2.29. The zero-order valence-corrected chi connectivity index (χ0v) is 28.2. The zero-order chi connectivity index (χ0) is 34.9. The minimum absolute atomic E-state index is 0.497. The first-order valence-corrected chi connectivity index (χ1v) is 17.5. The highest BCUT2D eigenvalue weighted by atomic mass is 15.2. The number of pyridine rings is 1. The van der Waals surface area contributed by atoms with E-state index in [9.17, 15) is 0 Å².